The van der Waals surface area contributed by atoms with E-state index in [1.165, 1.54) is 12.1 Å². The van der Waals surface area contributed by atoms with Crippen molar-refractivity contribution < 1.29 is 13.9 Å². The first kappa shape index (κ1) is 15.8. The van der Waals surface area contributed by atoms with E-state index >= 15 is 0 Å². The molecule has 0 aliphatic heterocycles. The van der Waals surface area contributed by atoms with Crippen LogP contribution in [0.25, 0.3) is 0 Å². The summed E-state index contributed by atoms with van der Waals surface area (Å²) < 4.78 is 18.3. The van der Waals surface area contributed by atoms with Gasteiger partial charge in [-0.15, -0.1) is 0 Å². The lowest BCUT2D eigenvalue weighted by Crippen LogP contribution is -2.32. The maximum atomic E-state index is 13.2. The Morgan fingerprint density at radius 3 is 2.70 bits per heavy atom. The molecule has 108 valence electrons. The predicted octanol–water partition coefficient (Wildman–Crippen LogP) is 2.59. The molecule has 0 bridgehead atoms. The molecular formula is C15H19FN2O2. The summed E-state index contributed by atoms with van der Waals surface area (Å²) in [6, 6.07) is 2.61. The minimum Gasteiger partial charge on any atom is -0.444 e. The number of benzene rings is 1. The highest BCUT2D eigenvalue weighted by molar-refractivity contribution is 5.68. The number of amides is 1. The van der Waals surface area contributed by atoms with Gasteiger partial charge >= 0.3 is 6.09 Å². The number of aryl methyl sites for hydroxylation is 1. The molecule has 5 heteroatoms. The summed E-state index contributed by atoms with van der Waals surface area (Å²) in [6.07, 6.45) is -0.546. The zero-order valence-corrected chi connectivity index (χ0v) is 12.1. The number of rotatable bonds is 1. The van der Waals surface area contributed by atoms with Crippen molar-refractivity contribution >= 4 is 11.8 Å². The summed E-state index contributed by atoms with van der Waals surface area (Å²) in [7, 11) is 0. The summed E-state index contributed by atoms with van der Waals surface area (Å²) in [5.41, 5.74) is 6.73. The summed E-state index contributed by atoms with van der Waals surface area (Å²) in [5, 5.41) is 2.49. The van der Waals surface area contributed by atoms with Crippen LogP contribution in [0.15, 0.2) is 12.1 Å². The molecule has 0 aliphatic carbocycles. The molecule has 4 nitrogen and oxygen atoms in total. The zero-order valence-electron chi connectivity index (χ0n) is 12.1. The van der Waals surface area contributed by atoms with E-state index < -0.39 is 11.7 Å². The van der Waals surface area contributed by atoms with Crippen molar-refractivity contribution in [1.82, 2.24) is 5.32 Å². The van der Waals surface area contributed by atoms with Gasteiger partial charge in [0.2, 0.25) is 0 Å². The third kappa shape index (κ3) is 5.19. The first-order chi connectivity index (χ1) is 9.19. The fourth-order valence-electron chi connectivity index (χ4n) is 1.43. The number of halogens is 1. The molecule has 1 aromatic carbocycles. The highest BCUT2D eigenvalue weighted by Crippen LogP contribution is 2.17. The number of ether oxygens (including phenoxy) is 1. The second-order valence-corrected chi connectivity index (χ2v) is 5.34. The molecular weight excluding hydrogens is 259 g/mol. The van der Waals surface area contributed by atoms with Gasteiger partial charge in [0.05, 0.1) is 17.8 Å². The van der Waals surface area contributed by atoms with Crippen LogP contribution < -0.4 is 11.1 Å². The molecule has 1 rings (SSSR count). The summed E-state index contributed by atoms with van der Waals surface area (Å²) in [6.45, 7) is 7.13. The fraction of sp³-hybridized carbons (Fsp3) is 0.400. The number of nitrogens with two attached hydrogens (primary N) is 1. The summed E-state index contributed by atoms with van der Waals surface area (Å²) in [4.78, 5) is 11.4. The average Bonchev–Trinajstić information content (AvgIpc) is 2.28. The maximum Gasteiger partial charge on any atom is 0.408 e. The van der Waals surface area contributed by atoms with Gasteiger partial charge in [-0.3, -0.25) is 0 Å². The molecule has 0 heterocycles. The number of hydrogen-bond acceptors (Lipinski definition) is 3. The van der Waals surface area contributed by atoms with Crippen molar-refractivity contribution in [3.05, 3.63) is 29.1 Å². The minimum atomic E-state index is -0.554. The number of alkyl carbamates (subject to hydrolysis) is 1. The smallest absolute Gasteiger partial charge is 0.408 e. The highest BCUT2D eigenvalue weighted by atomic mass is 19.1. The van der Waals surface area contributed by atoms with Gasteiger partial charge in [0.25, 0.3) is 0 Å². The molecule has 1 amide bonds. The zero-order chi connectivity index (χ0) is 15.3. The Hall–Kier alpha value is -2.22. The second-order valence-electron chi connectivity index (χ2n) is 5.34. The van der Waals surface area contributed by atoms with Crippen LogP contribution in [0.4, 0.5) is 14.9 Å². The second kappa shape index (κ2) is 6.29. The molecule has 0 radical (unpaired) electrons. The van der Waals surface area contributed by atoms with Crippen LogP contribution in [-0.4, -0.2) is 18.2 Å². The van der Waals surface area contributed by atoms with Crippen molar-refractivity contribution in [2.45, 2.75) is 33.3 Å². The van der Waals surface area contributed by atoms with E-state index in [2.05, 4.69) is 17.2 Å². The lowest BCUT2D eigenvalue weighted by atomic mass is 10.1. The van der Waals surface area contributed by atoms with Gasteiger partial charge in [0.1, 0.15) is 11.4 Å². The molecule has 1 aromatic rings. The van der Waals surface area contributed by atoms with E-state index in [0.717, 1.165) is 0 Å². The quantitative estimate of drug-likeness (QED) is 0.613. The lowest BCUT2D eigenvalue weighted by molar-refractivity contribution is 0.0535. The third-order valence-corrected chi connectivity index (χ3v) is 2.29. The predicted molar refractivity (Wildman–Crippen MR) is 76.7 cm³/mol. The van der Waals surface area contributed by atoms with Gasteiger partial charge in [0, 0.05) is 0 Å². The molecule has 0 saturated heterocycles. The van der Waals surface area contributed by atoms with Gasteiger partial charge in [-0.2, -0.15) is 0 Å². The van der Waals surface area contributed by atoms with E-state index in [0.29, 0.717) is 16.8 Å². The number of hydrogen-bond donors (Lipinski definition) is 2. The highest BCUT2D eigenvalue weighted by Gasteiger charge is 2.15. The van der Waals surface area contributed by atoms with Crippen LogP contribution in [0.1, 0.15) is 31.9 Å². The van der Waals surface area contributed by atoms with Crippen LogP contribution >= 0.6 is 0 Å². The van der Waals surface area contributed by atoms with Crippen molar-refractivity contribution in [1.29, 1.82) is 0 Å². The van der Waals surface area contributed by atoms with Gasteiger partial charge in [0.15, 0.2) is 0 Å². The maximum absolute atomic E-state index is 13.2. The van der Waals surface area contributed by atoms with E-state index in [4.69, 9.17) is 10.5 Å². The molecule has 0 spiro atoms. The monoisotopic (exact) mass is 278 g/mol. The first-order valence-electron chi connectivity index (χ1n) is 6.20. The SMILES string of the molecule is Cc1cc(F)cc(C#CCNC(=O)OC(C)(C)C)c1N. The van der Waals surface area contributed by atoms with Gasteiger partial charge in [-0.05, 0) is 45.4 Å². The fourth-order valence-corrected chi connectivity index (χ4v) is 1.43. The number of carbonyl (C=O) groups excluding carboxylic acids is 1. The van der Waals surface area contributed by atoms with E-state index in [9.17, 15) is 9.18 Å². The minimum absolute atomic E-state index is 0.101. The largest absolute Gasteiger partial charge is 0.444 e. The van der Waals surface area contributed by atoms with Crippen LogP contribution in [-0.2, 0) is 4.74 Å². The van der Waals surface area contributed by atoms with Crippen molar-refractivity contribution in [3.8, 4) is 11.8 Å². The Morgan fingerprint density at radius 2 is 2.10 bits per heavy atom. The molecule has 0 fully saturated rings. The molecule has 0 atom stereocenters. The van der Waals surface area contributed by atoms with E-state index in [1.54, 1.807) is 27.7 Å². The van der Waals surface area contributed by atoms with Crippen molar-refractivity contribution in [2.24, 2.45) is 0 Å². The first-order valence-corrected chi connectivity index (χ1v) is 6.20. The number of nitrogen functional groups attached to an aromatic ring is 1. The molecule has 20 heavy (non-hydrogen) atoms. The summed E-state index contributed by atoms with van der Waals surface area (Å²) >= 11 is 0. The standard InChI is InChI=1S/C15H19FN2O2/c1-10-8-12(16)9-11(13(10)17)6-5-7-18-14(19)20-15(2,3)4/h8-9H,7,17H2,1-4H3,(H,18,19). The van der Waals surface area contributed by atoms with Crippen LogP contribution in [0, 0.1) is 24.6 Å². The Bertz CT molecular complexity index is 566. The lowest BCUT2D eigenvalue weighted by Gasteiger charge is -2.19. The van der Waals surface area contributed by atoms with E-state index in [-0.39, 0.29) is 12.4 Å². The van der Waals surface area contributed by atoms with Crippen LogP contribution in [0.5, 0.6) is 0 Å². The molecule has 0 unspecified atom stereocenters. The Labute approximate surface area is 118 Å². The van der Waals surface area contributed by atoms with Crippen molar-refractivity contribution in [2.75, 3.05) is 12.3 Å². The average molecular weight is 278 g/mol. The molecule has 3 N–H and O–H groups in total. The van der Waals surface area contributed by atoms with E-state index in [1.807, 2.05) is 0 Å². The Kier molecular flexibility index (Phi) is 4.98. The number of carbonyl (C=O) groups is 1. The molecule has 0 aromatic heterocycles. The normalized spacial score (nSPS) is 10.4. The van der Waals surface area contributed by atoms with Crippen LogP contribution in [0.2, 0.25) is 0 Å². The van der Waals surface area contributed by atoms with Crippen LogP contribution in [0.3, 0.4) is 0 Å². The molecule has 0 aliphatic rings. The van der Waals surface area contributed by atoms with Gasteiger partial charge in [-0.1, -0.05) is 11.8 Å². The third-order valence-electron chi connectivity index (χ3n) is 2.29. The van der Waals surface area contributed by atoms with Crippen molar-refractivity contribution in [3.63, 3.8) is 0 Å². The number of anilines is 1. The number of nitrogens with one attached hydrogen (secondary N) is 1. The van der Waals surface area contributed by atoms with Gasteiger partial charge in [-0.25, -0.2) is 9.18 Å². The Balaban J connectivity index is 2.62. The Morgan fingerprint density at radius 1 is 1.45 bits per heavy atom. The topological polar surface area (TPSA) is 64.3 Å². The van der Waals surface area contributed by atoms with Gasteiger partial charge < -0.3 is 15.8 Å². The molecule has 0 saturated carbocycles. The summed E-state index contributed by atoms with van der Waals surface area (Å²) in [5.74, 6) is 5.04.